The lowest BCUT2D eigenvalue weighted by molar-refractivity contribution is -0.137. The minimum Gasteiger partial charge on any atom is -0.375 e. The predicted octanol–water partition coefficient (Wildman–Crippen LogP) is 3.68. The first-order chi connectivity index (χ1) is 14.8. The molecule has 3 rings (SSSR count). The second-order valence-electron chi connectivity index (χ2n) is 8.50. The number of halogens is 4. The summed E-state index contributed by atoms with van der Waals surface area (Å²) in [7, 11) is 1.51. The van der Waals surface area contributed by atoms with Crippen LogP contribution in [0.3, 0.4) is 0 Å². The highest BCUT2D eigenvalue weighted by Gasteiger charge is 2.32. The van der Waals surface area contributed by atoms with E-state index in [9.17, 15) is 22.4 Å². The van der Waals surface area contributed by atoms with Gasteiger partial charge in [0.05, 0.1) is 11.3 Å². The van der Waals surface area contributed by atoms with E-state index in [2.05, 4.69) is 10.2 Å². The Kier molecular flexibility index (Phi) is 8.16. The molecule has 31 heavy (non-hydrogen) atoms. The van der Waals surface area contributed by atoms with Crippen LogP contribution < -0.4 is 10.2 Å². The number of ether oxygens (including phenoxy) is 1. The SMILES string of the molecule is COCC(=O)NC1CCC(CCN2CCN(c3cc(C(F)(F)F)ccc3F)CC2)CC1. The smallest absolute Gasteiger partial charge is 0.375 e. The van der Waals surface area contributed by atoms with E-state index in [1.165, 1.54) is 7.11 Å². The van der Waals surface area contributed by atoms with Crippen molar-refractivity contribution in [2.75, 3.05) is 51.3 Å². The van der Waals surface area contributed by atoms with Gasteiger partial charge in [-0.1, -0.05) is 0 Å². The second kappa shape index (κ2) is 10.6. The van der Waals surface area contributed by atoms with Crippen LogP contribution in [0.1, 0.15) is 37.7 Å². The molecule has 1 amide bonds. The van der Waals surface area contributed by atoms with Crippen molar-refractivity contribution in [3.05, 3.63) is 29.6 Å². The van der Waals surface area contributed by atoms with Crippen molar-refractivity contribution in [1.29, 1.82) is 0 Å². The zero-order valence-electron chi connectivity index (χ0n) is 17.9. The Morgan fingerprint density at radius 3 is 2.42 bits per heavy atom. The molecule has 0 radical (unpaired) electrons. The van der Waals surface area contributed by atoms with Crippen molar-refractivity contribution in [3.8, 4) is 0 Å². The van der Waals surface area contributed by atoms with Crippen LogP contribution >= 0.6 is 0 Å². The van der Waals surface area contributed by atoms with Gasteiger partial charge in [-0.25, -0.2) is 4.39 Å². The summed E-state index contributed by atoms with van der Waals surface area (Å²) in [6, 6.07) is 2.82. The normalized spacial score (nSPS) is 23.1. The molecule has 2 fully saturated rings. The first-order valence-electron chi connectivity index (χ1n) is 10.9. The topological polar surface area (TPSA) is 44.8 Å². The third kappa shape index (κ3) is 6.80. The molecule has 5 nitrogen and oxygen atoms in total. The first kappa shape index (κ1) is 23.8. The quantitative estimate of drug-likeness (QED) is 0.651. The highest BCUT2D eigenvalue weighted by molar-refractivity contribution is 5.77. The summed E-state index contributed by atoms with van der Waals surface area (Å²) in [5.74, 6) is -0.0636. The fraction of sp³-hybridized carbons (Fsp3) is 0.682. The maximum atomic E-state index is 14.1. The average molecular weight is 446 g/mol. The minimum atomic E-state index is -4.48. The van der Waals surface area contributed by atoms with Crippen molar-refractivity contribution in [2.24, 2.45) is 5.92 Å². The van der Waals surface area contributed by atoms with E-state index in [0.717, 1.165) is 56.8 Å². The Labute approximate surface area is 180 Å². The van der Waals surface area contributed by atoms with E-state index in [0.29, 0.717) is 32.1 Å². The van der Waals surface area contributed by atoms with Gasteiger partial charge in [0.2, 0.25) is 5.91 Å². The third-order valence-corrected chi connectivity index (χ3v) is 6.33. The lowest BCUT2D eigenvalue weighted by Gasteiger charge is -2.37. The number of nitrogens with zero attached hydrogens (tertiary/aromatic N) is 2. The molecular weight excluding hydrogens is 414 g/mol. The van der Waals surface area contributed by atoms with Gasteiger partial charge in [0, 0.05) is 39.3 Å². The summed E-state index contributed by atoms with van der Waals surface area (Å²) in [5, 5.41) is 3.00. The highest BCUT2D eigenvalue weighted by atomic mass is 19.4. The van der Waals surface area contributed by atoms with Gasteiger partial charge < -0.3 is 15.0 Å². The van der Waals surface area contributed by atoms with E-state index in [1.807, 2.05) is 0 Å². The highest BCUT2D eigenvalue weighted by Crippen LogP contribution is 2.33. The summed E-state index contributed by atoms with van der Waals surface area (Å²) in [6.45, 7) is 3.46. The number of nitrogens with one attached hydrogen (secondary N) is 1. The van der Waals surface area contributed by atoms with E-state index < -0.39 is 17.6 Å². The Hall–Kier alpha value is -1.87. The van der Waals surface area contributed by atoms with Crippen LogP contribution in [0.5, 0.6) is 0 Å². The van der Waals surface area contributed by atoms with Crippen LogP contribution in [0.4, 0.5) is 23.2 Å². The van der Waals surface area contributed by atoms with Crippen molar-refractivity contribution >= 4 is 11.6 Å². The van der Waals surface area contributed by atoms with E-state index in [-0.39, 0.29) is 24.2 Å². The van der Waals surface area contributed by atoms with Crippen LogP contribution in [0.2, 0.25) is 0 Å². The zero-order valence-corrected chi connectivity index (χ0v) is 17.9. The second-order valence-corrected chi connectivity index (χ2v) is 8.50. The number of anilines is 1. The predicted molar refractivity (Wildman–Crippen MR) is 110 cm³/mol. The van der Waals surface area contributed by atoms with Gasteiger partial charge >= 0.3 is 6.18 Å². The Balaban J connectivity index is 1.40. The van der Waals surface area contributed by atoms with Crippen LogP contribution in [0.15, 0.2) is 18.2 Å². The zero-order chi connectivity index (χ0) is 22.4. The minimum absolute atomic E-state index is 0.0308. The maximum Gasteiger partial charge on any atom is 0.416 e. The molecule has 1 aliphatic heterocycles. The number of carbonyl (C=O) groups is 1. The molecule has 1 saturated heterocycles. The molecule has 0 spiro atoms. The Bertz CT molecular complexity index is 728. The summed E-state index contributed by atoms with van der Waals surface area (Å²) < 4.78 is 57.8. The van der Waals surface area contributed by atoms with Gasteiger partial charge in [-0.3, -0.25) is 9.69 Å². The number of piperazine rings is 1. The fourth-order valence-electron chi connectivity index (χ4n) is 4.50. The largest absolute Gasteiger partial charge is 0.416 e. The van der Waals surface area contributed by atoms with Crippen LogP contribution in [0.25, 0.3) is 0 Å². The van der Waals surface area contributed by atoms with Gasteiger partial charge in [0.15, 0.2) is 0 Å². The molecule has 174 valence electrons. The van der Waals surface area contributed by atoms with Gasteiger partial charge in [0.25, 0.3) is 0 Å². The molecule has 1 saturated carbocycles. The molecule has 0 bridgehead atoms. The van der Waals surface area contributed by atoms with E-state index in [4.69, 9.17) is 4.74 Å². The molecule has 1 heterocycles. The first-order valence-corrected chi connectivity index (χ1v) is 10.9. The van der Waals surface area contributed by atoms with Crippen molar-refractivity contribution < 1.29 is 27.1 Å². The number of methoxy groups -OCH3 is 1. The summed E-state index contributed by atoms with van der Waals surface area (Å²) in [4.78, 5) is 15.6. The van der Waals surface area contributed by atoms with Gasteiger partial charge in [-0.15, -0.1) is 0 Å². The number of amides is 1. The summed E-state index contributed by atoms with van der Waals surface area (Å²) in [6.07, 6.45) is 0.693. The standard InChI is InChI=1S/C22H31F4N3O2/c1-31-15-21(30)27-18-5-2-16(3-6-18)8-9-28-10-12-29(13-11-28)20-14-17(22(24,25)26)4-7-19(20)23/h4,7,14,16,18H,2-3,5-6,8-13,15H2,1H3,(H,27,30). The van der Waals surface area contributed by atoms with Crippen LogP contribution in [-0.2, 0) is 15.7 Å². The molecule has 2 aliphatic rings. The van der Waals surface area contributed by atoms with Crippen molar-refractivity contribution in [1.82, 2.24) is 10.2 Å². The van der Waals surface area contributed by atoms with Crippen molar-refractivity contribution in [3.63, 3.8) is 0 Å². The molecule has 9 heteroatoms. The van der Waals surface area contributed by atoms with Crippen LogP contribution in [-0.4, -0.2) is 63.3 Å². The molecular formula is C22H31F4N3O2. The average Bonchev–Trinajstić information content (AvgIpc) is 2.73. The Morgan fingerprint density at radius 2 is 1.81 bits per heavy atom. The summed E-state index contributed by atoms with van der Waals surface area (Å²) >= 11 is 0. The lowest BCUT2D eigenvalue weighted by Crippen LogP contribution is -2.47. The van der Waals surface area contributed by atoms with Crippen molar-refractivity contribution in [2.45, 2.75) is 44.3 Å². The number of benzene rings is 1. The number of hydrogen-bond donors (Lipinski definition) is 1. The number of carbonyl (C=O) groups excluding carboxylic acids is 1. The monoisotopic (exact) mass is 445 g/mol. The molecule has 1 N–H and O–H groups in total. The van der Waals surface area contributed by atoms with E-state index in [1.54, 1.807) is 4.90 Å². The van der Waals surface area contributed by atoms with Crippen LogP contribution in [0, 0.1) is 11.7 Å². The molecule has 1 aliphatic carbocycles. The molecule has 1 aromatic rings. The third-order valence-electron chi connectivity index (χ3n) is 6.33. The maximum absolute atomic E-state index is 14.1. The van der Waals surface area contributed by atoms with E-state index >= 15 is 0 Å². The van der Waals surface area contributed by atoms with Gasteiger partial charge in [-0.2, -0.15) is 13.2 Å². The number of hydrogen-bond acceptors (Lipinski definition) is 4. The molecule has 1 aromatic carbocycles. The van der Waals surface area contributed by atoms with Gasteiger partial charge in [-0.05, 0) is 62.8 Å². The molecule has 0 atom stereocenters. The molecule has 0 unspecified atom stereocenters. The molecule has 0 aromatic heterocycles. The summed E-state index contributed by atoms with van der Waals surface area (Å²) in [5.41, 5.74) is -0.788. The number of alkyl halides is 3. The lowest BCUT2D eigenvalue weighted by atomic mass is 9.84. The fourth-order valence-corrected chi connectivity index (χ4v) is 4.50. The Morgan fingerprint density at radius 1 is 1.13 bits per heavy atom. The van der Waals surface area contributed by atoms with Gasteiger partial charge in [0.1, 0.15) is 12.4 Å². The number of rotatable bonds is 7.